The first kappa shape index (κ1) is 18.6. The number of rotatable bonds is 2. The van der Waals surface area contributed by atoms with E-state index >= 15 is 0 Å². The fourth-order valence-corrected chi connectivity index (χ4v) is 3.09. The van der Waals surface area contributed by atoms with Crippen LogP contribution in [0.25, 0.3) is 11.0 Å². The van der Waals surface area contributed by atoms with E-state index in [9.17, 15) is 9.59 Å². The van der Waals surface area contributed by atoms with Gasteiger partial charge in [0.2, 0.25) is 11.5 Å². The molecule has 1 N–H and O–H groups in total. The van der Waals surface area contributed by atoms with Crippen molar-refractivity contribution in [2.24, 2.45) is 4.99 Å². The maximum absolute atomic E-state index is 12.4. The number of nitrogens with one attached hydrogen (secondary N) is 1. The zero-order valence-electron chi connectivity index (χ0n) is 13.3. The van der Waals surface area contributed by atoms with E-state index < -0.39 is 11.8 Å². The van der Waals surface area contributed by atoms with Gasteiger partial charge in [0.05, 0.1) is 10.7 Å². The van der Waals surface area contributed by atoms with Crippen LogP contribution in [0.3, 0.4) is 0 Å². The summed E-state index contributed by atoms with van der Waals surface area (Å²) in [5.74, 6) is -1.10. The molecular weight excluding hydrogens is 443 g/mol. The quantitative estimate of drug-likeness (QED) is 0.592. The highest BCUT2D eigenvalue weighted by molar-refractivity contribution is 9.10. The van der Waals surface area contributed by atoms with Gasteiger partial charge < -0.3 is 4.42 Å². The highest BCUT2D eigenvalue weighted by Crippen LogP contribution is 2.28. The van der Waals surface area contributed by atoms with Gasteiger partial charge in [-0.25, -0.2) is 4.99 Å². The van der Waals surface area contributed by atoms with Crippen LogP contribution in [0.15, 0.2) is 56.3 Å². The Morgan fingerprint density at radius 2 is 1.88 bits per heavy atom. The molecule has 3 rings (SSSR count). The van der Waals surface area contributed by atoms with E-state index in [-0.39, 0.29) is 11.1 Å². The average molecular weight is 454 g/mol. The summed E-state index contributed by atoms with van der Waals surface area (Å²) in [6.45, 7) is 1.25. The van der Waals surface area contributed by atoms with Crippen molar-refractivity contribution in [1.82, 2.24) is 5.32 Å². The van der Waals surface area contributed by atoms with Gasteiger partial charge in [-0.1, -0.05) is 39.1 Å². The first-order valence-corrected chi connectivity index (χ1v) is 8.93. The molecule has 0 bridgehead atoms. The number of carbonyl (C=O) groups excluding carboxylic acids is 2. The zero-order chi connectivity index (χ0) is 18.8. The number of amides is 2. The average Bonchev–Trinajstić information content (AvgIpc) is 2.56. The van der Waals surface area contributed by atoms with E-state index in [0.29, 0.717) is 26.7 Å². The zero-order valence-corrected chi connectivity index (χ0v) is 16.4. The summed E-state index contributed by atoms with van der Waals surface area (Å²) < 4.78 is 6.61. The highest BCUT2D eigenvalue weighted by atomic mass is 79.9. The molecule has 0 aliphatic rings. The predicted molar refractivity (Wildman–Crippen MR) is 104 cm³/mol. The van der Waals surface area contributed by atoms with E-state index in [1.807, 2.05) is 0 Å². The standard InChI is InChI=1S/C18H11BrCl2N2O3/c1-9(24)22-17(25)13-7-10-6-11(19)2-5-16(10)26-18(13)23-15-4-3-12(20)8-14(15)21/h2-8H,1H3,(H,22,24,25). The minimum absolute atomic E-state index is 0.0304. The number of fused-ring (bicyclic) bond motifs is 1. The molecule has 8 heteroatoms. The van der Waals surface area contributed by atoms with Crippen LogP contribution in [0.4, 0.5) is 5.69 Å². The predicted octanol–water partition coefficient (Wildman–Crippen LogP) is 5.01. The maximum atomic E-state index is 12.4. The molecule has 0 atom stereocenters. The third kappa shape index (κ3) is 4.15. The van der Waals surface area contributed by atoms with E-state index in [1.54, 1.807) is 36.4 Å². The van der Waals surface area contributed by atoms with Gasteiger partial charge in [0.25, 0.3) is 5.91 Å². The fraction of sp³-hybridized carbons (Fsp3) is 0.0556. The number of benzene rings is 2. The van der Waals surface area contributed by atoms with Crippen LogP contribution < -0.4 is 10.9 Å². The van der Waals surface area contributed by atoms with Crippen molar-refractivity contribution in [2.75, 3.05) is 0 Å². The van der Waals surface area contributed by atoms with Gasteiger partial charge in [-0.2, -0.15) is 0 Å². The smallest absolute Gasteiger partial charge is 0.263 e. The van der Waals surface area contributed by atoms with Gasteiger partial charge in [0.15, 0.2) is 0 Å². The van der Waals surface area contributed by atoms with E-state index in [4.69, 9.17) is 27.6 Å². The summed E-state index contributed by atoms with van der Waals surface area (Å²) in [5, 5.41) is 3.67. The summed E-state index contributed by atoms with van der Waals surface area (Å²) in [6.07, 6.45) is 0. The molecule has 0 saturated heterocycles. The molecule has 0 fully saturated rings. The summed E-state index contributed by atoms with van der Waals surface area (Å²) in [5.41, 5.74) is 1.05. The number of halogens is 3. The van der Waals surface area contributed by atoms with Crippen LogP contribution >= 0.6 is 39.1 Å². The number of hydrogen-bond acceptors (Lipinski definition) is 4. The van der Waals surface area contributed by atoms with Crippen molar-refractivity contribution >= 4 is 67.6 Å². The number of nitrogens with zero attached hydrogens (tertiary/aromatic N) is 1. The first-order valence-electron chi connectivity index (χ1n) is 7.38. The summed E-state index contributed by atoms with van der Waals surface area (Å²) in [6, 6.07) is 11.7. The van der Waals surface area contributed by atoms with E-state index in [2.05, 4.69) is 26.2 Å². The van der Waals surface area contributed by atoms with Crippen molar-refractivity contribution in [3.63, 3.8) is 0 Å². The van der Waals surface area contributed by atoms with Crippen molar-refractivity contribution in [1.29, 1.82) is 0 Å². The molecule has 2 aromatic carbocycles. The van der Waals surface area contributed by atoms with Crippen LogP contribution in [-0.4, -0.2) is 11.8 Å². The van der Waals surface area contributed by atoms with Gasteiger partial charge in [-0.3, -0.25) is 14.9 Å². The van der Waals surface area contributed by atoms with Gasteiger partial charge in [-0.15, -0.1) is 0 Å². The van der Waals surface area contributed by atoms with Gasteiger partial charge in [0.1, 0.15) is 11.1 Å². The second kappa shape index (κ2) is 7.61. The monoisotopic (exact) mass is 452 g/mol. The molecule has 0 spiro atoms. The molecule has 0 unspecified atom stereocenters. The molecule has 132 valence electrons. The lowest BCUT2D eigenvalue weighted by atomic mass is 10.1. The van der Waals surface area contributed by atoms with Crippen LogP contribution in [0.2, 0.25) is 10.0 Å². The molecule has 0 aliphatic heterocycles. The van der Waals surface area contributed by atoms with Gasteiger partial charge in [-0.05, 0) is 42.5 Å². The Balaban J connectivity index is 2.27. The first-order chi connectivity index (χ1) is 12.3. The molecule has 3 aromatic rings. The Kier molecular flexibility index (Phi) is 5.46. The summed E-state index contributed by atoms with van der Waals surface area (Å²) in [7, 11) is 0. The van der Waals surface area contributed by atoms with Crippen molar-refractivity contribution in [2.45, 2.75) is 6.92 Å². The molecule has 26 heavy (non-hydrogen) atoms. The lowest BCUT2D eigenvalue weighted by Gasteiger charge is -2.06. The Hall–Kier alpha value is -2.15. The molecule has 1 aromatic heterocycles. The lowest BCUT2D eigenvalue weighted by Crippen LogP contribution is -2.32. The Bertz CT molecular complexity index is 1110. The Morgan fingerprint density at radius 3 is 2.58 bits per heavy atom. The molecule has 0 radical (unpaired) electrons. The minimum Gasteiger partial charge on any atom is -0.438 e. The number of carbonyl (C=O) groups is 2. The lowest BCUT2D eigenvalue weighted by molar-refractivity contribution is -0.118. The third-order valence-electron chi connectivity index (χ3n) is 3.37. The van der Waals surface area contributed by atoms with Crippen molar-refractivity contribution in [3.8, 4) is 0 Å². The van der Waals surface area contributed by atoms with Crippen LogP contribution in [-0.2, 0) is 4.79 Å². The minimum atomic E-state index is -0.619. The normalized spacial score (nSPS) is 11.6. The molecule has 5 nitrogen and oxygen atoms in total. The van der Waals surface area contributed by atoms with Crippen molar-refractivity contribution in [3.05, 3.63) is 68.1 Å². The third-order valence-corrected chi connectivity index (χ3v) is 4.41. The van der Waals surface area contributed by atoms with Crippen LogP contribution in [0, 0.1) is 0 Å². The summed E-state index contributed by atoms with van der Waals surface area (Å²) in [4.78, 5) is 28.0. The summed E-state index contributed by atoms with van der Waals surface area (Å²) >= 11 is 15.4. The van der Waals surface area contributed by atoms with Gasteiger partial charge in [0, 0.05) is 21.8 Å². The van der Waals surface area contributed by atoms with E-state index in [1.165, 1.54) is 13.0 Å². The largest absolute Gasteiger partial charge is 0.438 e. The number of hydrogen-bond donors (Lipinski definition) is 1. The molecular formula is C18H11BrCl2N2O3. The Morgan fingerprint density at radius 1 is 1.12 bits per heavy atom. The van der Waals surface area contributed by atoms with Crippen LogP contribution in [0.5, 0.6) is 0 Å². The topological polar surface area (TPSA) is 71.7 Å². The molecule has 0 saturated carbocycles. The number of imide groups is 1. The SMILES string of the molecule is CC(=O)NC(=O)c1cc2cc(Br)ccc2oc1=Nc1ccc(Cl)cc1Cl. The molecule has 0 aliphatic carbocycles. The van der Waals surface area contributed by atoms with Crippen molar-refractivity contribution < 1.29 is 14.0 Å². The Labute approximate surface area is 166 Å². The molecule has 1 heterocycles. The highest BCUT2D eigenvalue weighted by Gasteiger charge is 2.14. The fourth-order valence-electron chi connectivity index (χ4n) is 2.26. The second-order valence-electron chi connectivity index (χ2n) is 5.37. The molecule has 2 amide bonds. The van der Waals surface area contributed by atoms with Gasteiger partial charge >= 0.3 is 0 Å². The second-order valence-corrected chi connectivity index (χ2v) is 7.12. The van der Waals surface area contributed by atoms with Crippen LogP contribution in [0.1, 0.15) is 17.3 Å². The van der Waals surface area contributed by atoms with E-state index in [0.717, 1.165) is 4.47 Å². The maximum Gasteiger partial charge on any atom is 0.263 e.